The zero-order valence-corrected chi connectivity index (χ0v) is 16.8. The second kappa shape index (κ2) is 7.91. The van der Waals surface area contributed by atoms with E-state index in [-0.39, 0.29) is 5.82 Å². The second-order valence-electron chi connectivity index (χ2n) is 7.71. The minimum Gasteiger partial charge on any atom is -0.253 e. The molecule has 5 rings (SSSR count). The Morgan fingerprint density at radius 1 is 1.03 bits per heavy atom. The third kappa shape index (κ3) is 3.75. The van der Waals surface area contributed by atoms with Crippen LogP contribution in [-0.4, -0.2) is 10.9 Å². The number of aromatic nitrogens is 1. The number of rotatable bonds is 5. The van der Waals surface area contributed by atoms with Crippen molar-refractivity contribution >= 4 is 17.6 Å². The number of thiazole rings is 1. The minimum atomic E-state index is -0.244. The van der Waals surface area contributed by atoms with E-state index in [2.05, 4.69) is 24.3 Å². The van der Waals surface area contributed by atoms with Crippen LogP contribution < -0.4 is 4.80 Å². The lowest BCUT2D eigenvalue weighted by Gasteiger charge is -2.12. The first-order valence-corrected chi connectivity index (χ1v) is 10.9. The number of allylic oxidation sites excluding steroid dienone is 2. The summed E-state index contributed by atoms with van der Waals surface area (Å²) in [6.07, 6.45) is 9.09. The van der Waals surface area contributed by atoms with Crippen LogP contribution in [0.25, 0.3) is 11.3 Å². The van der Waals surface area contributed by atoms with Gasteiger partial charge in [0.25, 0.3) is 0 Å². The molecule has 3 aromatic rings. The predicted octanol–water partition coefficient (Wildman–Crippen LogP) is 5.50. The molecule has 0 N–H and O–H groups in total. The van der Waals surface area contributed by atoms with Gasteiger partial charge in [-0.05, 0) is 42.4 Å². The molecule has 1 saturated carbocycles. The third-order valence-corrected chi connectivity index (χ3v) is 6.63. The van der Waals surface area contributed by atoms with Crippen LogP contribution in [0.1, 0.15) is 18.4 Å². The number of hydrogen-bond donors (Lipinski definition) is 0. The highest BCUT2D eigenvalue weighted by Gasteiger charge is 2.34. The fourth-order valence-electron chi connectivity index (χ4n) is 4.26. The lowest BCUT2D eigenvalue weighted by atomic mass is 9.95. The molecule has 1 heterocycles. The molecule has 2 aliphatic carbocycles. The average Bonchev–Trinajstić information content (AvgIpc) is 3.47. The summed E-state index contributed by atoms with van der Waals surface area (Å²) in [6.45, 7) is 0.574. The van der Waals surface area contributed by atoms with Crippen molar-refractivity contribution in [2.75, 3.05) is 0 Å². The Labute approximate surface area is 173 Å². The van der Waals surface area contributed by atoms with Gasteiger partial charge in [-0.15, -0.1) is 11.3 Å². The van der Waals surface area contributed by atoms with E-state index in [1.54, 1.807) is 12.1 Å². The fourth-order valence-corrected chi connectivity index (χ4v) is 5.09. The van der Waals surface area contributed by atoms with E-state index in [1.165, 1.54) is 23.8 Å². The Kier molecular flexibility index (Phi) is 4.98. The summed E-state index contributed by atoms with van der Waals surface area (Å²) in [5, 5.41) is 6.75. The van der Waals surface area contributed by atoms with Crippen LogP contribution in [0, 0.1) is 23.6 Å². The Bertz CT molecular complexity index is 1130. The molecule has 0 radical (unpaired) electrons. The Hall–Kier alpha value is -2.79. The molecule has 5 heteroatoms. The van der Waals surface area contributed by atoms with Crippen molar-refractivity contribution in [1.29, 1.82) is 0 Å². The lowest BCUT2D eigenvalue weighted by Crippen LogP contribution is -2.15. The van der Waals surface area contributed by atoms with Gasteiger partial charge >= 0.3 is 0 Å². The summed E-state index contributed by atoms with van der Waals surface area (Å²) in [5.74, 6) is 1.49. The lowest BCUT2D eigenvalue weighted by molar-refractivity contribution is 0.589. The minimum absolute atomic E-state index is 0.244. The maximum atomic E-state index is 14.5. The Morgan fingerprint density at radius 3 is 2.62 bits per heavy atom. The fraction of sp³-hybridized carbons (Fsp3) is 0.250. The highest BCUT2D eigenvalue weighted by molar-refractivity contribution is 7.07. The molecular weight excluding hydrogens is 381 g/mol. The highest BCUT2D eigenvalue weighted by Crippen LogP contribution is 2.42. The maximum Gasteiger partial charge on any atom is 0.206 e. The topological polar surface area (TPSA) is 29.6 Å². The largest absolute Gasteiger partial charge is 0.253 e. The number of benzene rings is 2. The van der Waals surface area contributed by atoms with Crippen molar-refractivity contribution in [3.8, 4) is 11.3 Å². The number of nitrogens with zero attached hydrogens (tertiary/aromatic N) is 3. The summed E-state index contributed by atoms with van der Waals surface area (Å²) in [5.41, 5.74) is 2.44. The molecule has 2 aliphatic rings. The zero-order chi connectivity index (χ0) is 19.6. The second-order valence-corrected chi connectivity index (χ2v) is 8.54. The van der Waals surface area contributed by atoms with E-state index >= 15 is 0 Å². The monoisotopic (exact) mass is 403 g/mol. The van der Waals surface area contributed by atoms with Crippen molar-refractivity contribution in [2.24, 2.45) is 27.8 Å². The first-order chi connectivity index (χ1) is 14.3. The molecule has 0 saturated heterocycles. The smallest absolute Gasteiger partial charge is 0.206 e. The summed E-state index contributed by atoms with van der Waals surface area (Å²) < 4.78 is 16.3. The van der Waals surface area contributed by atoms with Gasteiger partial charge in [0.15, 0.2) is 0 Å². The molecule has 1 fully saturated rings. The van der Waals surface area contributed by atoms with Crippen LogP contribution in [0.15, 0.2) is 82.2 Å². The molecule has 3 unspecified atom stereocenters. The van der Waals surface area contributed by atoms with E-state index in [0.29, 0.717) is 29.9 Å². The van der Waals surface area contributed by atoms with Gasteiger partial charge in [-0.2, -0.15) is 5.10 Å². The van der Waals surface area contributed by atoms with Crippen molar-refractivity contribution in [3.63, 3.8) is 0 Å². The summed E-state index contributed by atoms with van der Waals surface area (Å²) in [4.78, 5) is 5.56. The first-order valence-electron chi connectivity index (χ1n) is 10.0. The van der Waals surface area contributed by atoms with E-state index < -0.39 is 0 Å². The highest BCUT2D eigenvalue weighted by atomic mass is 32.1. The zero-order valence-electron chi connectivity index (χ0n) is 16.0. The number of halogens is 1. The SMILES string of the molecule is Fc1ccccc1-c1csc(=NCc2ccccc2)n1N=CC1CC2C=CC1C2. The summed E-state index contributed by atoms with van der Waals surface area (Å²) >= 11 is 1.50. The molecule has 0 amide bonds. The van der Waals surface area contributed by atoms with E-state index in [4.69, 9.17) is 10.1 Å². The quantitative estimate of drug-likeness (QED) is 0.398. The average molecular weight is 404 g/mol. The van der Waals surface area contributed by atoms with Crippen LogP contribution in [0.5, 0.6) is 0 Å². The molecule has 146 valence electrons. The van der Waals surface area contributed by atoms with Gasteiger partial charge in [-0.1, -0.05) is 54.6 Å². The maximum absolute atomic E-state index is 14.5. The molecule has 1 aromatic heterocycles. The van der Waals surface area contributed by atoms with Crippen LogP contribution >= 0.6 is 11.3 Å². The van der Waals surface area contributed by atoms with Gasteiger partial charge in [-0.3, -0.25) is 4.99 Å². The van der Waals surface area contributed by atoms with Crippen molar-refractivity contribution in [2.45, 2.75) is 19.4 Å². The molecule has 2 aromatic carbocycles. The molecule has 29 heavy (non-hydrogen) atoms. The van der Waals surface area contributed by atoms with Crippen molar-refractivity contribution in [3.05, 3.63) is 88.3 Å². The number of hydrogen-bond acceptors (Lipinski definition) is 3. The van der Waals surface area contributed by atoms with Crippen LogP contribution in [0.3, 0.4) is 0 Å². The normalized spacial score (nSPS) is 23.5. The van der Waals surface area contributed by atoms with Gasteiger partial charge in [0, 0.05) is 23.1 Å². The third-order valence-electron chi connectivity index (χ3n) is 5.78. The molecule has 0 spiro atoms. The predicted molar refractivity (Wildman–Crippen MR) is 116 cm³/mol. The van der Waals surface area contributed by atoms with Crippen LogP contribution in [0.2, 0.25) is 0 Å². The van der Waals surface area contributed by atoms with Gasteiger partial charge < -0.3 is 0 Å². The van der Waals surface area contributed by atoms with Crippen molar-refractivity contribution < 1.29 is 4.39 Å². The van der Waals surface area contributed by atoms with Crippen LogP contribution in [0.4, 0.5) is 4.39 Å². The van der Waals surface area contributed by atoms with E-state index in [9.17, 15) is 4.39 Å². The molecule has 3 nitrogen and oxygen atoms in total. The summed E-state index contributed by atoms with van der Waals surface area (Å²) in [7, 11) is 0. The molecule has 0 aliphatic heterocycles. The Balaban J connectivity index is 1.53. The standard InChI is InChI=1S/C24H22FN3S/c25-22-9-5-4-8-21(22)23-16-29-24(26-14-17-6-2-1-3-7-17)28(23)27-15-20-13-18-10-11-19(20)12-18/h1-11,15-16,18-20H,12-14H2. The van der Waals surface area contributed by atoms with Gasteiger partial charge in [-0.25, -0.2) is 9.07 Å². The first kappa shape index (κ1) is 18.3. The number of fused-ring (bicyclic) bond motifs is 2. The van der Waals surface area contributed by atoms with E-state index in [0.717, 1.165) is 22.5 Å². The van der Waals surface area contributed by atoms with Gasteiger partial charge in [0.2, 0.25) is 4.80 Å². The van der Waals surface area contributed by atoms with Crippen LogP contribution in [-0.2, 0) is 6.54 Å². The van der Waals surface area contributed by atoms with Crippen molar-refractivity contribution in [1.82, 2.24) is 4.68 Å². The summed E-state index contributed by atoms with van der Waals surface area (Å²) in [6, 6.07) is 17.0. The van der Waals surface area contributed by atoms with Gasteiger partial charge in [0.05, 0.1) is 12.2 Å². The van der Waals surface area contributed by atoms with Gasteiger partial charge in [0.1, 0.15) is 5.82 Å². The molecule has 3 atom stereocenters. The molecular formula is C24H22FN3S. The molecule has 2 bridgehead atoms. The van der Waals surface area contributed by atoms with E-state index in [1.807, 2.05) is 40.5 Å². The Morgan fingerprint density at radius 2 is 1.86 bits per heavy atom.